The molecule has 2 heteroatoms. The van der Waals surface area contributed by atoms with Crippen molar-refractivity contribution in [2.75, 3.05) is 19.6 Å². The predicted octanol–water partition coefficient (Wildman–Crippen LogP) is 0.363. The molecule has 1 atom stereocenters. The molecule has 1 N–H and O–H groups in total. The summed E-state index contributed by atoms with van der Waals surface area (Å²) in [6.45, 7) is 5.45. The van der Waals surface area contributed by atoms with E-state index in [1.165, 1.54) is 12.8 Å². The molecular formula is C7H15N2. The van der Waals surface area contributed by atoms with Crippen molar-refractivity contribution in [2.45, 2.75) is 25.8 Å². The average Bonchev–Trinajstić information content (AvgIpc) is 2.13. The van der Waals surface area contributed by atoms with Crippen molar-refractivity contribution >= 4 is 0 Å². The first-order chi connectivity index (χ1) is 4.43. The summed E-state index contributed by atoms with van der Waals surface area (Å²) in [7, 11) is 0. The van der Waals surface area contributed by atoms with Gasteiger partial charge < -0.3 is 5.32 Å². The smallest absolute Gasteiger partial charge is 0.0261 e. The largest absolute Gasteiger partial charge is 0.315 e. The molecule has 9 heavy (non-hydrogen) atoms. The minimum absolute atomic E-state index is 0.639. The molecule has 0 bridgehead atoms. The molecule has 0 aliphatic carbocycles. The summed E-state index contributed by atoms with van der Waals surface area (Å²) in [5, 5.41) is 7.80. The Kier molecular flexibility index (Phi) is 3.01. The van der Waals surface area contributed by atoms with E-state index in [2.05, 4.69) is 17.6 Å². The fraction of sp³-hybridized carbons (Fsp3) is 1.00. The number of hydrogen-bond acceptors (Lipinski definition) is 1. The van der Waals surface area contributed by atoms with Crippen LogP contribution in [0.15, 0.2) is 0 Å². The van der Waals surface area contributed by atoms with Crippen LogP contribution in [0.4, 0.5) is 0 Å². The van der Waals surface area contributed by atoms with E-state index in [-0.39, 0.29) is 0 Å². The molecule has 2 nitrogen and oxygen atoms in total. The monoisotopic (exact) mass is 127 g/mol. The highest BCUT2D eigenvalue weighted by atomic mass is 15.0. The van der Waals surface area contributed by atoms with Gasteiger partial charge in [-0.15, -0.1) is 0 Å². The van der Waals surface area contributed by atoms with Gasteiger partial charge in [0, 0.05) is 19.1 Å². The maximum atomic E-state index is 4.48. The molecular weight excluding hydrogens is 112 g/mol. The minimum atomic E-state index is 0.639. The summed E-state index contributed by atoms with van der Waals surface area (Å²) in [6, 6.07) is 0.639. The second-order valence-corrected chi connectivity index (χ2v) is 2.51. The molecule has 0 amide bonds. The van der Waals surface area contributed by atoms with Gasteiger partial charge in [-0.05, 0) is 19.4 Å². The van der Waals surface area contributed by atoms with Gasteiger partial charge in [-0.25, -0.2) is 5.32 Å². The van der Waals surface area contributed by atoms with Crippen LogP contribution in [0.5, 0.6) is 0 Å². The van der Waals surface area contributed by atoms with Gasteiger partial charge in [0.05, 0.1) is 0 Å². The van der Waals surface area contributed by atoms with E-state index in [4.69, 9.17) is 0 Å². The topological polar surface area (TPSA) is 26.1 Å². The Hall–Kier alpha value is -0.0800. The highest BCUT2D eigenvalue weighted by molar-refractivity contribution is 4.69. The van der Waals surface area contributed by atoms with Gasteiger partial charge in [-0.3, -0.25) is 0 Å². The van der Waals surface area contributed by atoms with Crippen molar-refractivity contribution in [2.24, 2.45) is 0 Å². The summed E-state index contributed by atoms with van der Waals surface area (Å²) < 4.78 is 0. The molecule has 1 rings (SSSR count). The van der Waals surface area contributed by atoms with Crippen LogP contribution in [0.3, 0.4) is 0 Å². The van der Waals surface area contributed by atoms with E-state index in [9.17, 15) is 0 Å². The van der Waals surface area contributed by atoms with Crippen LogP contribution in [-0.2, 0) is 0 Å². The van der Waals surface area contributed by atoms with Crippen molar-refractivity contribution in [3.63, 3.8) is 0 Å². The van der Waals surface area contributed by atoms with Crippen molar-refractivity contribution < 1.29 is 0 Å². The summed E-state index contributed by atoms with van der Waals surface area (Å²) >= 11 is 0. The van der Waals surface area contributed by atoms with E-state index in [0.717, 1.165) is 19.6 Å². The lowest BCUT2D eigenvalue weighted by Crippen LogP contribution is -2.21. The van der Waals surface area contributed by atoms with Crippen LogP contribution >= 0.6 is 0 Å². The van der Waals surface area contributed by atoms with E-state index < -0.39 is 0 Å². The van der Waals surface area contributed by atoms with Crippen LogP contribution in [0.25, 0.3) is 0 Å². The summed E-state index contributed by atoms with van der Waals surface area (Å²) in [5.41, 5.74) is 0. The third-order valence-corrected chi connectivity index (χ3v) is 1.80. The molecule has 0 aromatic carbocycles. The molecule has 1 unspecified atom stereocenters. The first kappa shape index (κ1) is 7.03. The number of hydrogen-bond donors (Lipinski definition) is 1. The fourth-order valence-corrected chi connectivity index (χ4v) is 1.14. The second-order valence-electron chi connectivity index (χ2n) is 2.51. The van der Waals surface area contributed by atoms with Crippen molar-refractivity contribution in [1.82, 2.24) is 10.6 Å². The van der Waals surface area contributed by atoms with Crippen LogP contribution in [0.2, 0.25) is 0 Å². The molecule has 0 saturated carbocycles. The highest BCUT2D eigenvalue weighted by Crippen LogP contribution is 1.98. The molecule has 1 heterocycles. The SMILES string of the molecule is CCC1CCNCC[N]1. The first-order valence-electron chi connectivity index (χ1n) is 3.81. The Balaban J connectivity index is 2.18. The lowest BCUT2D eigenvalue weighted by molar-refractivity contribution is 0.499. The molecule has 53 valence electrons. The molecule has 1 radical (unpaired) electrons. The van der Waals surface area contributed by atoms with Gasteiger partial charge in [0.15, 0.2) is 0 Å². The maximum Gasteiger partial charge on any atom is 0.0261 e. The van der Waals surface area contributed by atoms with Gasteiger partial charge in [0.25, 0.3) is 0 Å². The quantitative estimate of drug-likeness (QED) is 0.541. The lowest BCUT2D eigenvalue weighted by Gasteiger charge is -2.08. The zero-order valence-electron chi connectivity index (χ0n) is 6.06. The molecule has 0 aromatic heterocycles. The maximum absolute atomic E-state index is 4.48. The standard InChI is InChI=1S/C7H15N2/c1-2-7-3-4-8-5-6-9-7/h7-8H,2-6H2,1H3. The Morgan fingerprint density at radius 3 is 3.22 bits per heavy atom. The highest BCUT2D eigenvalue weighted by Gasteiger charge is 2.08. The third-order valence-electron chi connectivity index (χ3n) is 1.80. The second kappa shape index (κ2) is 3.85. The molecule has 1 aliphatic heterocycles. The summed E-state index contributed by atoms with van der Waals surface area (Å²) in [4.78, 5) is 0. The van der Waals surface area contributed by atoms with Gasteiger partial charge in [0.1, 0.15) is 0 Å². The van der Waals surface area contributed by atoms with Crippen molar-refractivity contribution in [3.05, 3.63) is 0 Å². The normalized spacial score (nSPS) is 29.7. The zero-order valence-corrected chi connectivity index (χ0v) is 6.06. The Morgan fingerprint density at radius 1 is 1.56 bits per heavy atom. The summed E-state index contributed by atoms with van der Waals surface area (Å²) in [6.07, 6.45) is 2.44. The molecule has 1 fully saturated rings. The van der Waals surface area contributed by atoms with Gasteiger partial charge in [-0.2, -0.15) is 0 Å². The first-order valence-corrected chi connectivity index (χ1v) is 3.81. The Morgan fingerprint density at radius 2 is 2.44 bits per heavy atom. The Bertz CT molecular complexity index is 65.3. The van der Waals surface area contributed by atoms with Crippen molar-refractivity contribution in [1.29, 1.82) is 0 Å². The molecule has 1 aliphatic rings. The molecule has 0 aromatic rings. The van der Waals surface area contributed by atoms with E-state index >= 15 is 0 Å². The minimum Gasteiger partial charge on any atom is -0.315 e. The van der Waals surface area contributed by atoms with Crippen molar-refractivity contribution in [3.8, 4) is 0 Å². The number of nitrogens with one attached hydrogen (secondary N) is 1. The fourth-order valence-electron chi connectivity index (χ4n) is 1.14. The van der Waals surface area contributed by atoms with Crippen LogP contribution in [0, 0.1) is 0 Å². The Labute approximate surface area is 57.0 Å². The van der Waals surface area contributed by atoms with E-state index in [1.54, 1.807) is 0 Å². The van der Waals surface area contributed by atoms with Crippen LogP contribution in [0.1, 0.15) is 19.8 Å². The molecule has 0 spiro atoms. The van der Waals surface area contributed by atoms with E-state index in [0.29, 0.717) is 6.04 Å². The lowest BCUT2D eigenvalue weighted by atomic mass is 10.1. The molecule has 1 saturated heterocycles. The van der Waals surface area contributed by atoms with Gasteiger partial charge in [-0.1, -0.05) is 6.92 Å². The zero-order chi connectivity index (χ0) is 6.53. The van der Waals surface area contributed by atoms with Crippen LogP contribution < -0.4 is 10.6 Å². The van der Waals surface area contributed by atoms with E-state index in [1.807, 2.05) is 0 Å². The summed E-state index contributed by atoms with van der Waals surface area (Å²) in [5.74, 6) is 0. The number of nitrogens with zero attached hydrogens (tertiary/aromatic N) is 1. The number of rotatable bonds is 1. The van der Waals surface area contributed by atoms with Gasteiger partial charge >= 0.3 is 0 Å². The van der Waals surface area contributed by atoms with Gasteiger partial charge in [0.2, 0.25) is 0 Å². The third kappa shape index (κ3) is 2.33. The average molecular weight is 127 g/mol. The predicted molar refractivity (Wildman–Crippen MR) is 38.6 cm³/mol. The van der Waals surface area contributed by atoms with Crippen LogP contribution in [-0.4, -0.2) is 25.7 Å².